The molecule has 2 aromatic heterocycles. The molecule has 7 heteroatoms. The van der Waals surface area contributed by atoms with Gasteiger partial charge in [0.25, 0.3) is 0 Å². The van der Waals surface area contributed by atoms with Crippen molar-refractivity contribution in [2.45, 2.75) is 19.8 Å². The third kappa shape index (κ3) is 3.28. The fraction of sp³-hybridized carbons (Fsp3) is 0.158. The number of hydrogen-bond acceptors (Lipinski definition) is 3. The quantitative estimate of drug-likeness (QED) is 0.603. The first-order valence-corrected chi connectivity index (χ1v) is 10.1. The third-order valence-corrected chi connectivity index (χ3v) is 6.69. The molecule has 1 aliphatic carbocycles. The van der Waals surface area contributed by atoms with Gasteiger partial charge in [-0.25, -0.2) is 0 Å². The van der Waals surface area contributed by atoms with Crippen LogP contribution in [0.3, 0.4) is 0 Å². The van der Waals surface area contributed by atoms with Gasteiger partial charge in [0.15, 0.2) is 0 Å². The Kier molecular flexibility index (Phi) is 4.57. The normalized spacial score (nSPS) is 14.3. The first-order chi connectivity index (χ1) is 12.5. The van der Waals surface area contributed by atoms with Gasteiger partial charge in [0.2, 0.25) is 0 Å². The van der Waals surface area contributed by atoms with Crippen LogP contribution in [0.5, 0.6) is 0 Å². The summed E-state index contributed by atoms with van der Waals surface area (Å²) in [5, 5.41) is 3.23. The molecule has 0 saturated carbocycles. The number of carbonyl (C=O) groups excluding carboxylic acids is 1. The maximum absolute atomic E-state index is 13.8. The van der Waals surface area contributed by atoms with E-state index in [0.717, 1.165) is 10.0 Å². The van der Waals surface area contributed by atoms with E-state index in [1.807, 2.05) is 18.2 Å². The van der Waals surface area contributed by atoms with Crippen LogP contribution < -0.4 is 5.32 Å². The third-order valence-electron chi connectivity index (χ3n) is 4.03. The summed E-state index contributed by atoms with van der Waals surface area (Å²) >= 11 is 6.16. The Morgan fingerprint density at radius 2 is 2.23 bits per heavy atom. The van der Waals surface area contributed by atoms with Crippen molar-refractivity contribution in [2.75, 3.05) is 0 Å². The summed E-state index contributed by atoms with van der Waals surface area (Å²) in [6.45, 7) is 1.78. The van der Waals surface area contributed by atoms with Crippen molar-refractivity contribution in [1.29, 1.82) is 0 Å². The van der Waals surface area contributed by atoms with Gasteiger partial charge < -0.3 is 0 Å². The van der Waals surface area contributed by atoms with Crippen LogP contribution in [0.15, 0.2) is 52.4 Å². The summed E-state index contributed by atoms with van der Waals surface area (Å²) in [7, 11) is 0. The summed E-state index contributed by atoms with van der Waals surface area (Å²) in [5.74, 6) is 0.0168. The Morgan fingerprint density at radius 1 is 1.38 bits per heavy atom. The Bertz CT molecular complexity index is 1080. The van der Waals surface area contributed by atoms with E-state index >= 15 is 0 Å². The van der Waals surface area contributed by atoms with Gasteiger partial charge in [0.1, 0.15) is 0 Å². The van der Waals surface area contributed by atoms with Crippen LogP contribution in [0.1, 0.15) is 28.0 Å². The number of benzene rings is 1. The average Bonchev–Trinajstić information content (AvgIpc) is 3.22. The van der Waals surface area contributed by atoms with Crippen LogP contribution in [0.4, 0.5) is 4.39 Å². The van der Waals surface area contributed by atoms with E-state index < -0.39 is 0 Å². The van der Waals surface area contributed by atoms with E-state index in [1.165, 1.54) is 0 Å². The van der Waals surface area contributed by atoms with E-state index in [0.29, 0.717) is 39.3 Å². The standard InChI is InChI=1S/C19H14ClFN2O2Se/c1-10-22-15-9-12(20)11(8-16(15)25-10)17-6-7-18(26-17)19(24)23-14-5-3-2-4-13(14)21/h3,5-9H,2,4H2,1H3,(H,23,24). The molecule has 4 rings (SSSR count). The predicted molar refractivity (Wildman–Crippen MR) is 100 cm³/mol. The second kappa shape index (κ2) is 6.88. The second-order valence-electron chi connectivity index (χ2n) is 5.91. The van der Waals surface area contributed by atoms with Gasteiger partial charge in [-0.05, 0) is 0 Å². The van der Waals surface area contributed by atoms with Gasteiger partial charge in [0.05, 0.1) is 0 Å². The summed E-state index contributed by atoms with van der Waals surface area (Å²) in [6, 6.07) is 7.27. The Labute approximate surface area is 160 Å². The van der Waals surface area contributed by atoms with E-state index in [-0.39, 0.29) is 31.9 Å². The molecule has 0 fully saturated rings. The molecule has 4 nitrogen and oxygen atoms in total. The van der Waals surface area contributed by atoms with Crippen molar-refractivity contribution < 1.29 is 13.6 Å². The summed E-state index contributed by atoms with van der Waals surface area (Å²) in [5.41, 5.74) is 2.45. The number of rotatable bonds is 3. The number of hydrogen-bond donors (Lipinski definition) is 1. The van der Waals surface area contributed by atoms with E-state index in [4.69, 9.17) is 16.0 Å². The first-order valence-electron chi connectivity index (χ1n) is 8.04. The number of halogens is 2. The molecule has 1 N–H and O–H groups in total. The Hall–Kier alpha value is -2.14. The van der Waals surface area contributed by atoms with Gasteiger partial charge in [-0.3, -0.25) is 0 Å². The number of fused-ring (bicyclic) bond motifs is 1. The summed E-state index contributed by atoms with van der Waals surface area (Å²) in [6.07, 6.45) is 4.45. The number of aromatic nitrogens is 1. The number of allylic oxidation sites excluding steroid dienone is 3. The van der Waals surface area contributed by atoms with Gasteiger partial charge in [0, 0.05) is 0 Å². The van der Waals surface area contributed by atoms with Crippen LogP contribution in [0.2, 0.25) is 5.02 Å². The molecular weight excluding hydrogens is 422 g/mol. The van der Waals surface area contributed by atoms with Crippen molar-refractivity contribution in [2.24, 2.45) is 0 Å². The van der Waals surface area contributed by atoms with Crippen molar-refractivity contribution in [3.8, 4) is 10.0 Å². The van der Waals surface area contributed by atoms with Crippen LogP contribution >= 0.6 is 11.6 Å². The summed E-state index contributed by atoms with van der Waals surface area (Å²) < 4.78 is 21.0. The number of nitrogens with one attached hydrogen (secondary N) is 1. The molecule has 0 spiro atoms. The molecule has 1 aliphatic rings. The molecule has 2 heterocycles. The molecule has 0 unspecified atom stereocenters. The van der Waals surface area contributed by atoms with Crippen LogP contribution in [-0.4, -0.2) is 25.4 Å². The molecule has 0 aliphatic heterocycles. The number of nitrogens with zero attached hydrogens (tertiary/aromatic N) is 1. The van der Waals surface area contributed by atoms with Gasteiger partial charge >= 0.3 is 160 Å². The zero-order valence-electron chi connectivity index (χ0n) is 13.8. The Balaban J connectivity index is 1.63. The van der Waals surface area contributed by atoms with Crippen molar-refractivity contribution >= 4 is 43.1 Å². The van der Waals surface area contributed by atoms with E-state index in [2.05, 4.69) is 10.3 Å². The minimum absolute atomic E-state index is 0.230. The van der Waals surface area contributed by atoms with E-state index in [9.17, 15) is 9.18 Å². The minimum atomic E-state index is -0.283. The number of oxazole rings is 1. The van der Waals surface area contributed by atoms with Crippen molar-refractivity contribution in [1.82, 2.24) is 10.3 Å². The molecule has 0 atom stereocenters. The second-order valence-corrected chi connectivity index (χ2v) is 8.59. The van der Waals surface area contributed by atoms with Crippen molar-refractivity contribution in [3.63, 3.8) is 0 Å². The molecule has 0 radical (unpaired) electrons. The van der Waals surface area contributed by atoms with Crippen LogP contribution in [-0.2, 0) is 0 Å². The fourth-order valence-corrected chi connectivity index (χ4v) is 5.13. The summed E-state index contributed by atoms with van der Waals surface area (Å²) in [4.78, 5) is 16.7. The van der Waals surface area contributed by atoms with Gasteiger partial charge in [-0.2, -0.15) is 0 Å². The topological polar surface area (TPSA) is 55.1 Å². The monoisotopic (exact) mass is 436 g/mol. The van der Waals surface area contributed by atoms with Crippen molar-refractivity contribution in [3.05, 3.63) is 63.3 Å². The number of amides is 1. The molecule has 3 aromatic rings. The number of carbonyl (C=O) groups is 1. The fourth-order valence-electron chi connectivity index (χ4n) is 2.79. The number of aryl methyl sites for hydroxylation is 1. The first kappa shape index (κ1) is 17.3. The molecule has 0 saturated heterocycles. The molecule has 1 aromatic carbocycles. The van der Waals surface area contributed by atoms with Crippen LogP contribution in [0.25, 0.3) is 21.1 Å². The molecular formula is C19H14ClFN2O2Se. The maximum atomic E-state index is 13.8. The molecule has 26 heavy (non-hydrogen) atoms. The average molecular weight is 436 g/mol. The Morgan fingerprint density at radius 3 is 3.04 bits per heavy atom. The predicted octanol–water partition coefficient (Wildman–Crippen LogP) is 4.77. The van der Waals surface area contributed by atoms with Crippen LogP contribution in [0, 0.1) is 6.92 Å². The molecule has 0 bridgehead atoms. The molecule has 132 valence electrons. The zero-order valence-corrected chi connectivity index (χ0v) is 16.3. The molecule has 1 amide bonds. The SMILES string of the molecule is Cc1nc2cc(Cl)c(-c3ccc(C(=O)NC4=C(F)CCC=C4)[se]3)cc2o1. The zero-order chi connectivity index (χ0) is 18.3. The van der Waals surface area contributed by atoms with E-state index in [1.54, 1.807) is 25.1 Å². The van der Waals surface area contributed by atoms with Gasteiger partial charge in [-0.15, -0.1) is 0 Å². The van der Waals surface area contributed by atoms with Gasteiger partial charge in [-0.1, -0.05) is 0 Å².